The predicted molar refractivity (Wildman–Crippen MR) is 91.3 cm³/mol. The zero-order valence-electron chi connectivity index (χ0n) is 14.0. The van der Waals surface area contributed by atoms with Crippen molar-refractivity contribution in [1.82, 2.24) is 10.2 Å². The van der Waals surface area contributed by atoms with Crippen LogP contribution < -0.4 is 14.8 Å². The Morgan fingerprint density at radius 2 is 2.16 bits per heavy atom. The highest BCUT2D eigenvalue weighted by atomic mass is 35.5. The van der Waals surface area contributed by atoms with Gasteiger partial charge in [-0.15, -0.1) is 0 Å². The van der Waals surface area contributed by atoms with Gasteiger partial charge in [0.2, 0.25) is 5.91 Å². The summed E-state index contributed by atoms with van der Waals surface area (Å²) in [4.78, 5) is 25.4. The Bertz CT molecular complexity index is 667. The maximum atomic E-state index is 12.3. The summed E-state index contributed by atoms with van der Waals surface area (Å²) < 4.78 is 15.9. The Morgan fingerprint density at radius 1 is 1.36 bits per heavy atom. The number of ether oxygens (including phenoxy) is 3. The van der Waals surface area contributed by atoms with Gasteiger partial charge in [0.05, 0.1) is 31.8 Å². The molecule has 0 bridgehead atoms. The topological polar surface area (TPSA) is 77.1 Å². The van der Waals surface area contributed by atoms with Gasteiger partial charge in [-0.1, -0.05) is 11.6 Å². The van der Waals surface area contributed by atoms with E-state index in [-0.39, 0.29) is 24.5 Å². The molecular weight excluding hydrogens is 348 g/mol. The summed E-state index contributed by atoms with van der Waals surface area (Å²) in [6, 6.07) is 3.45. The molecular formula is C17H21ClN2O5. The van der Waals surface area contributed by atoms with E-state index >= 15 is 0 Å². The fraction of sp³-hybridized carbons (Fsp3) is 0.529. The molecule has 0 radical (unpaired) electrons. The third-order valence-electron chi connectivity index (χ3n) is 4.21. The van der Waals surface area contributed by atoms with Crippen LogP contribution in [0.15, 0.2) is 12.1 Å². The summed E-state index contributed by atoms with van der Waals surface area (Å²) >= 11 is 6.25. The van der Waals surface area contributed by atoms with E-state index in [0.717, 1.165) is 12.0 Å². The number of hydrogen-bond donors (Lipinski definition) is 1. The van der Waals surface area contributed by atoms with Gasteiger partial charge in [-0.3, -0.25) is 4.79 Å². The molecule has 3 rings (SSSR count). The lowest BCUT2D eigenvalue weighted by Gasteiger charge is -2.16. The SMILES string of the molecule is COC(=O)N1CC[C@H](NC(=O)Cc2cc(Cl)c3c(c2)OCCCO3)C1. The average Bonchev–Trinajstić information content (AvgIpc) is 2.90. The van der Waals surface area contributed by atoms with E-state index in [4.69, 9.17) is 25.8 Å². The molecule has 2 amide bonds. The fourth-order valence-corrected chi connectivity index (χ4v) is 3.31. The summed E-state index contributed by atoms with van der Waals surface area (Å²) in [5, 5.41) is 3.39. The number of nitrogens with one attached hydrogen (secondary N) is 1. The number of benzene rings is 1. The van der Waals surface area contributed by atoms with Crippen LogP contribution in [0.1, 0.15) is 18.4 Å². The van der Waals surface area contributed by atoms with Crippen LogP contribution in [0.2, 0.25) is 5.02 Å². The highest BCUT2D eigenvalue weighted by molar-refractivity contribution is 6.32. The van der Waals surface area contributed by atoms with Crippen LogP contribution >= 0.6 is 11.6 Å². The number of amides is 2. The van der Waals surface area contributed by atoms with Crippen LogP contribution in [0.3, 0.4) is 0 Å². The van der Waals surface area contributed by atoms with Crippen LogP contribution in [-0.4, -0.2) is 56.4 Å². The number of rotatable bonds is 3. The fourth-order valence-electron chi connectivity index (χ4n) is 3.02. The number of nitrogens with zero attached hydrogens (tertiary/aromatic N) is 1. The summed E-state index contributed by atoms with van der Waals surface area (Å²) in [5.41, 5.74) is 0.759. The first-order chi connectivity index (χ1) is 12.1. The molecule has 136 valence electrons. The molecule has 7 nitrogen and oxygen atoms in total. The molecule has 1 fully saturated rings. The van der Waals surface area contributed by atoms with Gasteiger partial charge in [0, 0.05) is 25.6 Å². The van der Waals surface area contributed by atoms with Crippen molar-refractivity contribution < 1.29 is 23.8 Å². The molecule has 1 atom stereocenters. The van der Waals surface area contributed by atoms with E-state index in [2.05, 4.69) is 5.32 Å². The van der Waals surface area contributed by atoms with Crippen molar-refractivity contribution in [2.75, 3.05) is 33.4 Å². The van der Waals surface area contributed by atoms with Gasteiger partial charge in [-0.25, -0.2) is 4.79 Å². The molecule has 0 unspecified atom stereocenters. The smallest absolute Gasteiger partial charge is 0.409 e. The number of carbonyl (C=O) groups excluding carboxylic acids is 2. The van der Waals surface area contributed by atoms with Gasteiger partial charge in [0.1, 0.15) is 0 Å². The standard InChI is InChI=1S/C17H21ClN2O5/c1-23-17(22)20-4-3-12(10-20)19-15(21)9-11-7-13(18)16-14(8-11)24-5-2-6-25-16/h7-8,12H,2-6,9-10H2,1H3,(H,19,21)/t12-/m0/s1. The van der Waals surface area contributed by atoms with Crippen LogP contribution in [0, 0.1) is 0 Å². The summed E-state index contributed by atoms with van der Waals surface area (Å²) in [6.45, 7) is 2.16. The van der Waals surface area contributed by atoms with Crippen molar-refractivity contribution >= 4 is 23.6 Å². The van der Waals surface area contributed by atoms with Crippen LogP contribution in [0.5, 0.6) is 11.5 Å². The van der Waals surface area contributed by atoms with Crippen molar-refractivity contribution in [2.45, 2.75) is 25.3 Å². The van der Waals surface area contributed by atoms with E-state index in [0.29, 0.717) is 49.2 Å². The highest BCUT2D eigenvalue weighted by Crippen LogP contribution is 2.38. The van der Waals surface area contributed by atoms with Crippen LogP contribution in [-0.2, 0) is 16.0 Å². The second-order valence-electron chi connectivity index (χ2n) is 6.10. The lowest BCUT2D eigenvalue weighted by molar-refractivity contribution is -0.121. The van der Waals surface area contributed by atoms with Crippen molar-refractivity contribution in [1.29, 1.82) is 0 Å². The van der Waals surface area contributed by atoms with Gasteiger partial charge in [-0.2, -0.15) is 0 Å². The Hall–Kier alpha value is -2.15. The van der Waals surface area contributed by atoms with Gasteiger partial charge < -0.3 is 24.4 Å². The number of fused-ring (bicyclic) bond motifs is 1. The van der Waals surface area contributed by atoms with Gasteiger partial charge in [0.25, 0.3) is 0 Å². The number of carbonyl (C=O) groups is 2. The second-order valence-corrected chi connectivity index (χ2v) is 6.51. The summed E-state index contributed by atoms with van der Waals surface area (Å²) in [6.07, 6.45) is 1.32. The minimum Gasteiger partial charge on any atom is -0.489 e. The van der Waals surface area contributed by atoms with Crippen molar-refractivity contribution in [3.8, 4) is 11.5 Å². The highest BCUT2D eigenvalue weighted by Gasteiger charge is 2.28. The molecule has 2 aliphatic heterocycles. The molecule has 0 aliphatic carbocycles. The zero-order chi connectivity index (χ0) is 17.8. The lowest BCUT2D eigenvalue weighted by Crippen LogP contribution is -2.39. The molecule has 2 aliphatic rings. The van der Waals surface area contributed by atoms with Crippen molar-refractivity contribution in [3.05, 3.63) is 22.7 Å². The van der Waals surface area contributed by atoms with Crippen molar-refractivity contribution in [2.24, 2.45) is 0 Å². The van der Waals surface area contributed by atoms with E-state index in [1.54, 1.807) is 17.0 Å². The monoisotopic (exact) mass is 368 g/mol. The molecule has 1 saturated heterocycles. The maximum absolute atomic E-state index is 12.3. The molecule has 0 spiro atoms. The third-order valence-corrected chi connectivity index (χ3v) is 4.49. The largest absolute Gasteiger partial charge is 0.489 e. The molecule has 1 aromatic rings. The van der Waals surface area contributed by atoms with Crippen LogP contribution in [0.25, 0.3) is 0 Å². The van der Waals surface area contributed by atoms with Gasteiger partial charge in [-0.05, 0) is 24.1 Å². The first-order valence-electron chi connectivity index (χ1n) is 8.27. The Kier molecular flexibility index (Phi) is 5.53. The minimum atomic E-state index is -0.369. The number of methoxy groups -OCH3 is 1. The first-order valence-corrected chi connectivity index (χ1v) is 8.65. The minimum absolute atomic E-state index is 0.0671. The predicted octanol–water partition coefficient (Wildman–Crippen LogP) is 2.00. The maximum Gasteiger partial charge on any atom is 0.409 e. The average molecular weight is 369 g/mol. The van der Waals surface area contributed by atoms with Crippen LogP contribution in [0.4, 0.5) is 4.79 Å². The normalized spacial score (nSPS) is 19.3. The number of likely N-dealkylation sites (tertiary alicyclic amines) is 1. The Morgan fingerprint density at radius 3 is 2.96 bits per heavy atom. The zero-order valence-corrected chi connectivity index (χ0v) is 14.8. The van der Waals surface area contributed by atoms with Crippen molar-refractivity contribution in [3.63, 3.8) is 0 Å². The Balaban J connectivity index is 1.59. The Labute approximate surface area is 151 Å². The van der Waals surface area contributed by atoms with E-state index in [1.807, 2.05) is 0 Å². The summed E-state index contributed by atoms with van der Waals surface area (Å²) in [7, 11) is 1.35. The first kappa shape index (κ1) is 17.7. The van der Waals surface area contributed by atoms with E-state index in [9.17, 15) is 9.59 Å². The van der Waals surface area contributed by atoms with E-state index < -0.39 is 0 Å². The van der Waals surface area contributed by atoms with Gasteiger partial charge >= 0.3 is 6.09 Å². The molecule has 0 aromatic heterocycles. The molecule has 1 N–H and O–H groups in total. The molecule has 0 saturated carbocycles. The van der Waals surface area contributed by atoms with Gasteiger partial charge in [0.15, 0.2) is 11.5 Å². The molecule has 2 heterocycles. The summed E-state index contributed by atoms with van der Waals surface area (Å²) in [5.74, 6) is 0.987. The quantitative estimate of drug-likeness (QED) is 0.883. The lowest BCUT2D eigenvalue weighted by atomic mass is 10.1. The second kappa shape index (κ2) is 7.82. The number of halogens is 1. The van der Waals surface area contributed by atoms with E-state index in [1.165, 1.54) is 7.11 Å². The molecule has 25 heavy (non-hydrogen) atoms. The third kappa shape index (κ3) is 4.28. The molecule has 1 aromatic carbocycles. The number of hydrogen-bond acceptors (Lipinski definition) is 5. The molecule has 8 heteroatoms.